The Hall–Kier alpha value is -4.06. The van der Waals surface area contributed by atoms with Crippen LogP contribution in [0.3, 0.4) is 0 Å². The number of nitro groups is 1. The van der Waals surface area contributed by atoms with E-state index < -0.39 is 51.4 Å². The number of pyridine rings is 1. The zero-order chi connectivity index (χ0) is 27.9. The van der Waals surface area contributed by atoms with Gasteiger partial charge in [0.15, 0.2) is 0 Å². The first-order valence-electron chi connectivity index (χ1n) is 11.7. The van der Waals surface area contributed by atoms with Crippen LogP contribution >= 0.6 is 0 Å². The van der Waals surface area contributed by atoms with Crippen molar-refractivity contribution in [3.05, 3.63) is 88.8 Å². The topological polar surface area (TPSA) is 116 Å². The van der Waals surface area contributed by atoms with Gasteiger partial charge in [0.25, 0.3) is 5.89 Å². The van der Waals surface area contributed by atoms with E-state index in [0.717, 1.165) is 5.56 Å². The molecule has 9 nitrogen and oxygen atoms in total. The van der Waals surface area contributed by atoms with Crippen molar-refractivity contribution in [2.75, 3.05) is 5.32 Å². The van der Waals surface area contributed by atoms with Crippen LogP contribution < -0.4 is 5.32 Å². The number of aromatic nitrogens is 3. The van der Waals surface area contributed by atoms with E-state index in [9.17, 15) is 23.3 Å². The van der Waals surface area contributed by atoms with Gasteiger partial charge in [0.05, 0.1) is 11.5 Å². The fourth-order valence-electron chi connectivity index (χ4n) is 3.58. The predicted octanol–water partition coefficient (Wildman–Crippen LogP) is 7.05. The molecule has 0 saturated heterocycles. The molecule has 0 amide bonds. The SMILES string of the molecule is C=CCCC(C)(C)Nc1nc(-c2nnc(C(CC=C)OCc3ccccc3)o2)c([N+](=O)[O-])cc1C(F)(F)F. The van der Waals surface area contributed by atoms with E-state index in [1.807, 2.05) is 30.3 Å². The Balaban J connectivity index is 2.02. The third kappa shape index (κ3) is 7.25. The molecule has 3 aromatic rings. The molecule has 0 aliphatic carbocycles. The summed E-state index contributed by atoms with van der Waals surface area (Å²) in [5, 5.41) is 22.3. The Morgan fingerprint density at radius 2 is 1.89 bits per heavy atom. The highest BCUT2D eigenvalue weighted by Crippen LogP contribution is 2.41. The molecule has 2 aromatic heterocycles. The number of halogens is 3. The molecule has 0 bridgehead atoms. The van der Waals surface area contributed by atoms with Crippen molar-refractivity contribution in [2.45, 2.75) is 57.5 Å². The molecule has 0 spiro atoms. The van der Waals surface area contributed by atoms with E-state index in [-0.39, 0.29) is 18.9 Å². The summed E-state index contributed by atoms with van der Waals surface area (Å²) in [5.74, 6) is -1.02. The number of alkyl halides is 3. The van der Waals surface area contributed by atoms with Gasteiger partial charge in [-0.1, -0.05) is 42.5 Å². The Kier molecular flexibility index (Phi) is 9.00. The molecule has 12 heteroatoms. The highest BCUT2D eigenvalue weighted by molar-refractivity contribution is 5.68. The lowest BCUT2D eigenvalue weighted by Gasteiger charge is -2.28. The average molecular weight is 532 g/mol. The molecule has 202 valence electrons. The first kappa shape index (κ1) is 28.5. The number of hydrogen-bond donors (Lipinski definition) is 1. The molecule has 0 aliphatic heterocycles. The van der Waals surface area contributed by atoms with Crippen LogP contribution in [0.5, 0.6) is 0 Å². The summed E-state index contributed by atoms with van der Waals surface area (Å²) in [7, 11) is 0. The highest BCUT2D eigenvalue weighted by Gasteiger charge is 2.40. The zero-order valence-corrected chi connectivity index (χ0v) is 21.0. The minimum Gasteiger partial charge on any atom is -0.416 e. The largest absolute Gasteiger partial charge is 0.420 e. The van der Waals surface area contributed by atoms with Crippen LogP contribution in [0, 0.1) is 10.1 Å². The molecular formula is C26H28F3N5O4. The molecule has 0 fully saturated rings. The second-order valence-electron chi connectivity index (χ2n) is 9.10. The number of rotatable bonds is 13. The predicted molar refractivity (Wildman–Crippen MR) is 135 cm³/mol. The molecule has 1 atom stereocenters. The molecule has 1 aromatic carbocycles. The normalized spacial score (nSPS) is 12.7. The fraction of sp³-hybridized carbons (Fsp3) is 0.346. The third-order valence-corrected chi connectivity index (χ3v) is 5.53. The Labute approximate surface area is 217 Å². The molecule has 0 saturated carbocycles. The lowest BCUT2D eigenvalue weighted by molar-refractivity contribution is -0.384. The van der Waals surface area contributed by atoms with Crippen LogP contribution in [-0.4, -0.2) is 25.6 Å². The van der Waals surface area contributed by atoms with Crippen molar-refractivity contribution in [3.8, 4) is 11.6 Å². The number of ether oxygens (including phenoxy) is 1. The van der Waals surface area contributed by atoms with Gasteiger partial charge in [0.2, 0.25) is 11.6 Å². The summed E-state index contributed by atoms with van der Waals surface area (Å²) in [6.07, 6.45) is -1.18. The van der Waals surface area contributed by atoms with Crippen molar-refractivity contribution in [1.82, 2.24) is 15.2 Å². The van der Waals surface area contributed by atoms with Crippen LogP contribution in [0.4, 0.5) is 24.7 Å². The van der Waals surface area contributed by atoms with Crippen molar-refractivity contribution < 1.29 is 27.2 Å². The summed E-state index contributed by atoms with van der Waals surface area (Å²) in [6.45, 7) is 10.9. The van der Waals surface area contributed by atoms with E-state index in [4.69, 9.17) is 9.15 Å². The summed E-state index contributed by atoms with van der Waals surface area (Å²) in [4.78, 5) is 14.8. The zero-order valence-electron chi connectivity index (χ0n) is 21.0. The quantitative estimate of drug-likeness (QED) is 0.142. The van der Waals surface area contributed by atoms with Crippen LogP contribution in [0.1, 0.15) is 56.2 Å². The smallest absolute Gasteiger partial charge is 0.416 e. The maximum atomic E-state index is 13.9. The Morgan fingerprint density at radius 3 is 2.50 bits per heavy atom. The summed E-state index contributed by atoms with van der Waals surface area (Å²) >= 11 is 0. The van der Waals surface area contributed by atoms with Gasteiger partial charge >= 0.3 is 11.9 Å². The van der Waals surface area contributed by atoms with Gasteiger partial charge in [-0.25, -0.2) is 4.98 Å². The monoisotopic (exact) mass is 531 g/mol. The molecular weight excluding hydrogens is 503 g/mol. The van der Waals surface area contributed by atoms with Gasteiger partial charge in [-0.2, -0.15) is 13.2 Å². The molecule has 2 heterocycles. The van der Waals surface area contributed by atoms with E-state index in [0.29, 0.717) is 18.9 Å². The first-order chi connectivity index (χ1) is 17.9. The van der Waals surface area contributed by atoms with Gasteiger partial charge in [0, 0.05) is 18.0 Å². The van der Waals surface area contributed by atoms with Gasteiger partial charge in [-0.3, -0.25) is 10.1 Å². The van der Waals surface area contributed by atoms with Crippen molar-refractivity contribution in [1.29, 1.82) is 0 Å². The second-order valence-corrected chi connectivity index (χ2v) is 9.10. The number of benzene rings is 1. The van der Waals surface area contributed by atoms with Crippen molar-refractivity contribution in [3.63, 3.8) is 0 Å². The number of anilines is 1. The van der Waals surface area contributed by atoms with Crippen LogP contribution in [0.15, 0.2) is 66.1 Å². The maximum absolute atomic E-state index is 13.9. The van der Waals surface area contributed by atoms with Gasteiger partial charge in [-0.05, 0) is 32.3 Å². The average Bonchev–Trinajstić information content (AvgIpc) is 3.34. The number of nitrogens with zero attached hydrogens (tertiary/aromatic N) is 4. The molecule has 0 radical (unpaired) electrons. The van der Waals surface area contributed by atoms with E-state index in [1.165, 1.54) is 0 Å². The van der Waals surface area contributed by atoms with E-state index in [1.54, 1.807) is 26.0 Å². The minimum absolute atomic E-state index is 0.0207. The molecule has 0 aliphatic rings. The maximum Gasteiger partial charge on any atom is 0.420 e. The van der Waals surface area contributed by atoms with Crippen molar-refractivity contribution in [2.24, 2.45) is 0 Å². The second kappa shape index (κ2) is 12.0. The third-order valence-electron chi connectivity index (χ3n) is 5.53. The van der Waals surface area contributed by atoms with E-state index in [2.05, 4.69) is 33.7 Å². The standard InChI is InChI=1S/C26H28F3N5O4/c1-5-7-14-25(3,4)31-22-18(26(27,28)29)15-19(34(35)36)21(30-22)24-33-32-23(38-24)20(11-6-2)37-16-17-12-9-8-10-13-17/h5-6,8-10,12-13,15,20H,1-2,7,11,14,16H2,3-4H3,(H,30,31). The molecule has 1 unspecified atom stereocenters. The summed E-state index contributed by atoms with van der Waals surface area (Å²) in [6, 6.07) is 9.72. The fourth-order valence-corrected chi connectivity index (χ4v) is 3.58. The molecule has 1 N–H and O–H groups in total. The highest BCUT2D eigenvalue weighted by atomic mass is 19.4. The van der Waals surface area contributed by atoms with Crippen LogP contribution in [0.25, 0.3) is 11.6 Å². The lowest BCUT2D eigenvalue weighted by atomic mass is 9.98. The lowest BCUT2D eigenvalue weighted by Crippen LogP contribution is -2.32. The minimum atomic E-state index is -4.91. The number of allylic oxidation sites excluding steroid dienone is 1. The Morgan fingerprint density at radius 1 is 1.18 bits per heavy atom. The first-order valence-corrected chi connectivity index (χ1v) is 11.7. The van der Waals surface area contributed by atoms with E-state index >= 15 is 0 Å². The Bertz CT molecular complexity index is 1280. The number of nitrogens with one attached hydrogen (secondary N) is 1. The van der Waals surface area contributed by atoms with Crippen LogP contribution in [0.2, 0.25) is 0 Å². The van der Waals surface area contributed by atoms with Gasteiger partial charge in [0.1, 0.15) is 17.5 Å². The summed E-state index contributed by atoms with van der Waals surface area (Å²) in [5.41, 5.74) is -2.66. The van der Waals surface area contributed by atoms with Crippen molar-refractivity contribution >= 4 is 11.5 Å². The van der Waals surface area contributed by atoms with Crippen LogP contribution in [-0.2, 0) is 17.5 Å². The van der Waals surface area contributed by atoms with Gasteiger partial charge in [-0.15, -0.1) is 23.4 Å². The molecule has 38 heavy (non-hydrogen) atoms. The van der Waals surface area contributed by atoms with Gasteiger partial charge < -0.3 is 14.5 Å². The number of hydrogen-bond acceptors (Lipinski definition) is 8. The molecule has 3 rings (SSSR count). The summed E-state index contributed by atoms with van der Waals surface area (Å²) < 4.78 is 53.2.